The fourth-order valence-corrected chi connectivity index (χ4v) is 2.30. The zero-order valence-corrected chi connectivity index (χ0v) is 14.1. The minimum atomic E-state index is -4.37. The average molecular weight is 383 g/mol. The van der Waals surface area contributed by atoms with Gasteiger partial charge in [0.2, 0.25) is 0 Å². The Kier molecular flexibility index (Phi) is 5.99. The molecule has 0 spiro atoms. The van der Waals surface area contributed by atoms with Crippen molar-refractivity contribution in [2.24, 2.45) is 0 Å². The first-order valence-electron chi connectivity index (χ1n) is 7.34. The second-order valence-corrected chi connectivity index (χ2v) is 5.30. The van der Waals surface area contributed by atoms with Gasteiger partial charge in [-0.05, 0) is 23.8 Å². The van der Waals surface area contributed by atoms with Crippen molar-refractivity contribution in [1.29, 1.82) is 0 Å². The van der Waals surface area contributed by atoms with Crippen molar-refractivity contribution < 1.29 is 18.0 Å². The highest BCUT2D eigenvalue weighted by atomic mass is 35.5. The molecule has 0 saturated carbocycles. The van der Waals surface area contributed by atoms with Crippen molar-refractivity contribution in [2.75, 3.05) is 5.32 Å². The van der Waals surface area contributed by atoms with E-state index in [-0.39, 0.29) is 19.0 Å². The Balaban J connectivity index is 0.00000243. The predicted molar refractivity (Wildman–Crippen MR) is 94.1 cm³/mol. The molecule has 0 aliphatic carbocycles. The Morgan fingerprint density at radius 3 is 2.38 bits per heavy atom. The largest absolute Gasteiger partial charge is 0.416 e. The minimum Gasteiger partial charge on any atom is -0.334 e. The van der Waals surface area contributed by atoms with E-state index in [1.165, 1.54) is 12.1 Å². The molecule has 2 N–H and O–H groups in total. The molecule has 136 valence electrons. The van der Waals surface area contributed by atoms with E-state index in [4.69, 9.17) is 0 Å². The zero-order valence-electron chi connectivity index (χ0n) is 13.2. The van der Waals surface area contributed by atoms with Crippen LogP contribution in [-0.4, -0.2) is 16.2 Å². The number of anilines is 1. The van der Waals surface area contributed by atoms with Gasteiger partial charge in [0.25, 0.3) is 0 Å². The number of fused-ring (bicyclic) bond motifs is 1. The summed E-state index contributed by atoms with van der Waals surface area (Å²) in [7, 11) is 0. The van der Waals surface area contributed by atoms with Crippen LogP contribution in [0.15, 0.2) is 54.9 Å². The van der Waals surface area contributed by atoms with Gasteiger partial charge in [0.1, 0.15) is 0 Å². The molecule has 3 aromatic rings. The van der Waals surface area contributed by atoms with Crippen LogP contribution in [0.25, 0.3) is 10.8 Å². The lowest BCUT2D eigenvalue weighted by atomic mass is 10.1. The van der Waals surface area contributed by atoms with Crippen LogP contribution < -0.4 is 10.6 Å². The SMILES string of the molecule is Cl.O=C(NCc1ccc(C(F)(F)F)cc1)Nc1cccc2cnncc12. The molecule has 2 amide bonds. The summed E-state index contributed by atoms with van der Waals surface area (Å²) in [5, 5.41) is 14.4. The molecule has 0 atom stereocenters. The molecule has 3 rings (SSSR count). The van der Waals surface area contributed by atoms with Gasteiger partial charge in [-0.2, -0.15) is 23.4 Å². The molecular weight excluding hydrogens is 369 g/mol. The topological polar surface area (TPSA) is 66.9 Å². The second kappa shape index (κ2) is 8.01. The number of hydrogen-bond donors (Lipinski definition) is 2. The number of rotatable bonds is 3. The Bertz CT molecular complexity index is 895. The van der Waals surface area contributed by atoms with Crippen molar-refractivity contribution in [1.82, 2.24) is 15.5 Å². The Labute approximate surface area is 153 Å². The van der Waals surface area contributed by atoms with E-state index < -0.39 is 17.8 Å². The number of amides is 2. The standard InChI is InChI=1S/C17H13F3N4O.ClH/c18-17(19,20)13-6-4-11(5-7-13)8-21-16(25)24-15-3-1-2-12-9-22-23-10-14(12)15;/h1-7,9-10H,8H2,(H2,21,24,25);1H. The van der Waals surface area contributed by atoms with Crippen LogP contribution in [0.3, 0.4) is 0 Å². The molecule has 0 bridgehead atoms. The van der Waals surface area contributed by atoms with Crippen molar-refractivity contribution >= 4 is 34.9 Å². The monoisotopic (exact) mass is 382 g/mol. The molecule has 26 heavy (non-hydrogen) atoms. The number of aromatic nitrogens is 2. The number of nitrogens with zero attached hydrogens (tertiary/aromatic N) is 2. The lowest BCUT2D eigenvalue weighted by Gasteiger charge is -2.11. The molecule has 5 nitrogen and oxygen atoms in total. The van der Waals surface area contributed by atoms with E-state index in [1.54, 1.807) is 24.5 Å². The van der Waals surface area contributed by atoms with E-state index in [0.717, 1.165) is 22.9 Å². The summed E-state index contributed by atoms with van der Waals surface area (Å²) in [5.41, 5.74) is 0.404. The fourth-order valence-electron chi connectivity index (χ4n) is 2.30. The normalized spacial score (nSPS) is 10.9. The third kappa shape index (κ3) is 4.60. The van der Waals surface area contributed by atoms with Gasteiger partial charge in [-0.3, -0.25) is 0 Å². The van der Waals surface area contributed by atoms with Gasteiger partial charge in [0.05, 0.1) is 23.6 Å². The van der Waals surface area contributed by atoms with E-state index >= 15 is 0 Å². The van der Waals surface area contributed by atoms with Crippen molar-refractivity contribution in [3.8, 4) is 0 Å². The van der Waals surface area contributed by atoms with Crippen LogP contribution in [0.2, 0.25) is 0 Å². The van der Waals surface area contributed by atoms with Crippen molar-refractivity contribution in [3.63, 3.8) is 0 Å². The van der Waals surface area contributed by atoms with Gasteiger partial charge < -0.3 is 10.6 Å². The Morgan fingerprint density at radius 1 is 1.00 bits per heavy atom. The number of benzene rings is 2. The second-order valence-electron chi connectivity index (χ2n) is 5.30. The molecule has 1 heterocycles. The van der Waals surface area contributed by atoms with Crippen LogP contribution >= 0.6 is 12.4 Å². The molecule has 0 radical (unpaired) electrons. The van der Waals surface area contributed by atoms with Crippen LogP contribution in [0.1, 0.15) is 11.1 Å². The maximum absolute atomic E-state index is 12.5. The summed E-state index contributed by atoms with van der Waals surface area (Å²) in [6.45, 7) is 0.106. The molecule has 0 aliphatic rings. The average Bonchev–Trinajstić information content (AvgIpc) is 2.60. The first-order chi connectivity index (χ1) is 11.9. The van der Waals surface area contributed by atoms with E-state index in [1.807, 2.05) is 6.07 Å². The molecule has 0 unspecified atom stereocenters. The van der Waals surface area contributed by atoms with Gasteiger partial charge in [-0.1, -0.05) is 24.3 Å². The van der Waals surface area contributed by atoms with E-state index in [9.17, 15) is 18.0 Å². The number of carbonyl (C=O) groups is 1. The number of carbonyl (C=O) groups excluding carboxylic acids is 1. The Hall–Kier alpha value is -2.87. The summed E-state index contributed by atoms with van der Waals surface area (Å²) >= 11 is 0. The molecule has 1 aromatic heterocycles. The first-order valence-corrected chi connectivity index (χ1v) is 7.34. The van der Waals surface area contributed by atoms with Crippen LogP contribution in [0.4, 0.5) is 23.7 Å². The predicted octanol–water partition coefficient (Wildman–Crippen LogP) is 4.39. The van der Waals surface area contributed by atoms with Gasteiger partial charge in [-0.15, -0.1) is 12.4 Å². The molecule has 0 aliphatic heterocycles. The maximum atomic E-state index is 12.5. The highest BCUT2D eigenvalue weighted by Gasteiger charge is 2.29. The lowest BCUT2D eigenvalue weighted by Crippen LogP contribution is -2.28. The van der Waals surface area contributed by atoms with E-state index in [2.05, 4.69) is 20.8 Å². The Morgan fingerprint density at radius 2 is 1.69 bits per heavy atom. The molecule has 0 fully saturated rings. The molecule has 9 heteroatoms. The van der Waals surface area contributed by atoms with Crippen molar-refractivity contribution in [2.45, 2.75) is 12.7 Å². The number of urea groups is 1. The first kappa shape index (κ1) is 19.5. The van der Waals surface area contributed by atoms with Crippen LogP contribution in [-0.2, 0) is 12.7 Å². The summed E-state index contributed by atoms with van der Waals surface area (Å²) < 4.78 is 37.5. The van der Waals surface area contributed by atoms with Gasteiger partial charge in [-0.25, -0.2) is 4.79 Å². The molecular formula is C17H14ClF3N4O. The molecule has 2 aromatic carbocycles. The summed E-state index contributed by atoms with van der Waals surface area (Å²) in [5.74, 6) is 0. The van der Waals surface area contributed by atoms with Crippen LogP contribution in [0, 0.1) is 0 Å². The molecule has 0 saturated heterocycles. The number of halogens is 4. The number of nitrogens with one attached hydrogen (secondary N) is 2. The number of alkyl halides is 3. The summed E-state index contributed by atoms with van der Waals surface area (Å²) in [6, 6.07) is 9.50. The van der Waals surface area contributed by atoms with Crippen LogP contribution in [0.5, 0.6) is 0 Å². The third-order valence-corrected chi connectivity index (χ3v) is 3.57. The smallest absolute Gasteiger partial charge is 0.334 e. The highest BCUT2D eigenvalue weighted by Crippen LogP contribution is 2.29. The summed E-state index contributed by atoms with van der Waals surface area (Å²) in [6.07, 6.45) is -1.25. The maximum Gasteiger partial charge on any atom is 0.416 e. The van der Waals surface area contributed by atoms with E-state index in [0.29, 0.717) is 11.3 Å². The van der Waals surface area contributed by atoms with Crippen molar-refractivity contribution in [3.05, 3.63) is 66.0 Å². The minimum absolute atomic E-state index is 0. The zero-order chi connectivity index (χ0) is 17.9. The highest BCUT2D eigenvalue weighted by molar-refractivity contribution is 6.00. The van der Waals surface area contributed by atoms with Gasteiger partial charge >= 0.3 is 12.2 Å². The quantitative estimate of drug-likeness (QED) is 0.706. The van der Waals surface area contributed by atoms with Gasteiger partial charge in [0.15, 0.2) is 0 Å². The van der Waals surface area contributed by atoms with Gasteiger partial charge in [0, 0.05) is 17.3 Å². The lowest BCUT2D eigenvalue weighted by molar-refractivity contribution is -0.137. The fraction of sp³-hybridized carbons (Fsp3) is 0.118. The summed E-state index contributed by atoms with van der Waals surface area (Å²) in [4.78, 5) is 12.0. The number of hydrogen-bond acceptors (Lipinski definition) is 3. The third-order valence-electron chi connectivity index (χ3n) is 3.57.